The van der Waals surface area contributed by atoms with E-state index in [-0.39, 0.29) is 47.9 Å². The number of carbonyl (C=O) groups is 3. The fraction of sp³-hybridized carbons (Fsp3) is 0.393. The Labute approximate surface area is 279 Å². The number of thiazole rings is 2. The number of para-hydroxylation sites is 2. The van der Waals surface area contributed by atoms with Gasteiger partial charge in [0.1, 0.15) is 5.92 Å². The van der Waals surface area contributed by atoms with E-state index in [1.54, 1.807) is 11.3 Å². The average molecular weight is 726 g/mol. The molecule has 4 rings (SSSR count). The van der Waals surface area contributed by atoms with Crippen LogP contribution in [0.4, 0.5) is 0 Å². The van der Waals surface area contributed by atoms with Crippen molar-refractivity contribution in [2.24, 2.45) is 17.8 Å². The molecule has 2 atom stereocenters. The van der Waals surface area contributed by atoms with Gasteiger partial charge in [0.2, 0.25) is 5.91 Å². The fourth-order valence-electron chi connectivity index (χ4n) is 3.68. The Bertz CT molecular complexity index is 1380. The Hall–Kier alpha value is -1.34. The molecule has 0 aliphatic rings. The summed E-state index contributed by atoms with van der Waals surface area (Å²) in [7, 11) is 0. The molecule has 2 aromatic carbocycles. The van der Waals surface area contributed by atoms with Crippen molar-refractivity contribution in [2.75, 3.05) is 18.1 Å². The molecular weight excluding hydrogens is 695 g/mol. The van der Waals surface area contributed by atoms with Gasteiger partial charge in [0.25, 0.3) is 0 Å². The molecule has 1 amide bonds. The maximum atomic E-state index is 13.2. The third-order valence-electron chi connectivity index (χ3n) is 6.05. The zero-order valence-corrected chi connectivity index (χ0v) is 30.4. The van der Waals surface area contributed by atoms with Gasteiger partial charge in [-0.2, -0.15) is 0 Å². The van der Waals surface area contributed by atoms with E-state index in [0.29, 0.717) is 12.3 Å². The first-order chi connectivity index (χ1) is 18.9. The molecule has 13 heteroatoms. The molecule has 0 aliphatic carbocycles. The summed E-state index contributed by atoms with van der Waals surface area (Å²) < 4.78 is 9.10. The fourth-order valence-corrected chi connectivity index (χ4v) is 8.26. The molecule has 2 aromatic heterocycles. The summed E-state index contributed by atoms with van der Waals surface area (Å²) in [4.78, 5) is 48.5. The van der Waals surface area contributed by atoms with Crippen molar-refractivity contribution in [3.63, 3.8) is 0 Å². The largest absolute Gasteiger partial charge is 0.392 e. The Kier molecular flexibility index (Phi) is 15.5. The Balaban J connectivity index is 0.00000294. The van der Waals surface area contributed by atoms with Crippen LogP contribution in [0.25, 0.3) is 20.4 Å². The normalized spacial score (nSPS) is 12.4. The van der Waals surface area contributed by atoms with Crippen LogP contribution in [-0.2, 0) is 55.4 Å². The van der Waals surface area contributed by atoms with Crippen molar-refractivity contribution in [3.05, 3.63) is 48.5 Å². The van der Waals surface area contributed by atoms with Crippen molar-refractivity contribution in [1.29, 1.82) is 0 Å². The van der Waals surface area contributed by atoms with Gasteiger partial charge in [0.05, 0.1) is 26.4 Å². The molecular formula is C28H31CoN3O4S4Zn. The summed E-state index contributed by atoms with van der Waals surface area (Å²) in [5.74, 6) is -2.99. The van der Waals surface area contributed by atoms with Crippen LogP contribution in [0, 0.1) is 17.8 Å². The Morgan fingerprint density at radius 3 is 1.93 bits per heavy atom. The van der Waals surface area contributed by atoms with Crippen LogP contribution in [0.1, 0.15) is 33.6 Å². The van der Waals surface area contributed by atoms with Gasteiger partial charge in [-0.25, -0.2) is 9.97 Å². The number of aromatic nitrogens is 2. The summed E-state index contributed by atoms with van der Waals surface area (Å²) in [6.07, 6.45) is 1.71. The van der Waals surface area contributed by atoms with Crippen LogP contribution in [0.2, 0.25) is 0 Å². The molecule has 1 N–H and O–H groups in total. The maximum absolute atomic E-state index is 13.2. The predicted octanol–water partition coefficient (Wildman–Crippen LogP) is 6.66. The van der Waals surface area contributed by atoms with Crippen molar-refractivity contribution in [2.45, 2.75) is 42.3 Å². The minimum Gasteiger partial charge on any atom is -0.392 e. The number of rotatable bonds is 13. The van der Waals surface area contributed by atoms with Crippen molar-refractivity contribution >= 4 is 84.5 Å². The summed E-state index contributed by atoms with van der Waals surface area (Å²) in [6.45, 7) is 6.34. The number of unbranched alkanes of at least 4 members (excludes halogenated alkanes) is 1. The molecule has 0 bridgehead atoms. The number of hydrogen-bond donors (Lipinski definition) is 1. The second-order valence-electron chi connectivity index (χ2n) is 9.30. The summed E-state index contributed by atoms with van der Waals surface area (Å²) in [6, 6.07) is 15.7. The number of benzene rings is 2. The van der Waals surface area contributed by atoms with Crippen LogP contribution in [0.15, 0.2) is 57.2 Å². The van der Waals surface area contributed by atoms with Gasteiger partial charge in [-0.05, 0) is 36.6 Å². The SMILES string of the molecule is CCCCNC(=O)C(CSc1nc2ccccc2s1)C(=O)OC(=O)C(CSc1nc2ccccc2s1)C(C)C.[Co].[Zn]. The van der Waals surface area contributed by atoms with Gasteiger partial charge in [0, 0.05) is 54.3 Å². The number of nitrogens with one attached hydrogen (secondary N) is 1. The van der Waals surface area contributed by atoms with Crippen LogP contribution in [0.5, 0.6) is 0 Å². The molecule has 0 spiro atoms. The van der Waals surface area contributed by atoms with E-state index in [1.165, 1.54) is 34.9 Å². The molecule has 2 heterocycles. The number of nitrogens with zero attached hydrogens (tertiary/aromatic N) is 2. The van der Waals surface area contributed by atoms with E-state index in [1.807, 2.05) is 69.3 Å². The molecule has 0 aliphatic heterocycles. The molecule has 4 aromatic rings. The first-order valence-corrected chi connectivity index (χ1v) is 16.5. The van der Waals surface area contributed by atoms with Crippen LogP contribution in [0.3, 0.4) is 0 Å². The topological polar surface area (TPSA) is 98.3 Å². The van der Waals surface area contributed by atoms with Crippen LogP contribution < -0.4 is 5.32 Å². The monoisotopic (exact) mass is 724 g/mol. The maximum Gasteiger partial charge on any atom is 0.327 e. The average Bonchev–Trinajstić information content (AvgIpc) is 3.52. The van der Waals surface area contributed by atoms with Gasteiger partial charge >= 0.3 is 11.9 Å². The summed E-state index contributed by atoms with van der Waals surface area (Å²) in [5, 5.41) is 2.82. The number of esters is 2. The number of fused-ring (bicyclic) bond motifs is 2. The van der Waals surface area contributed by atoms with E-state index < -0.39 is 29.7 Å². The standard InChI is InChI=1S/C28H31N3O4S4.Co.Zn/c1-4-5-14-29-24(32)19(16-37-28-31-21-11-7-9-13-23(21)39-28)26(34)35-25(33)18(17(2)3)15-36-27-30-20-10-6-8-12-22(20)38-27;;/h6-13,17-19H,4-5,14-16H2,1-3H3,(H,29,32);;. The quantitative estimate of drug-likeness (QED) is 0.0538. The number of carbonyl (C=O) groups excluding carboxylic acids is 3. The minimum atomic E-state index is -1.12. The van der Waals surface area contributed by atoms with Gasteiger partial charge in [0.15, 0.2) is 8.68 Å². The first kappa shape index (κ1) is 35.9. The van der Waals surface area contributed by atoms with E-state index in [9.17, 15) is 14.4 Å². The van der Waals surface area contributed by atoms with Crippen molar-refractivity contribution < 1.29 is 55.4 Å². The first-order valence-electron chi connectivity index (χ1n) is 12.9. The number of hydrogen-bond acceptors (Lipinski definition) is 10. The molecule has 0 saturated heterocycles. The van der Waals surface area contributed by atoms with Gasteiger partial charge in [-0.3, -0.25) is 14.4 Å². The third kappa shape index (κ3) is 10.1. The van der Waals surface area contributed by atoms with E-state index in [0.717, 1.165) is 42.0 Å². The molecule has 0 saturated carbocycles. The van der Waals surface area contributed by atoms with Crippen LogP contribution >= 0.6 is 46.2 Å². The summed E-state index contributed by atoms with van der Waals surface area (Å²) >= 11 is 5.88. The number of thioether (sulfide) groups is 2. The van der Waals surface area contributed by atoms with Gasteiger partial charge < -0.3 is 10.1 Å². The summed E-state index contributed by atoms with van der Waals surface area (Å²) in [5.41, 5.74) is 1.79. The molecule has 1 radical (unpaired) electrons. The molecule has 2 unspecified atom stereocenters. The van der Waals surface area contributed by atoms with Gasteiger partial charge in [-0.15, -0.1) is 22.7 Å². The minimum absolute atomic E-state index is 0. The van der Waals surface area contributed by atoms with Gasteiger partial charge in [-0.1, -0.05) is 75.0 Å². The second-order valence-corrected chi connectivity index (χ2v) is 13.9. The van der Waals surface area contributed by atoms with Crippen LogP contribution in [-0.4, -0.2) is 45.9 Å². The molecule has 41 heavy (non-hydrogen) atoms. The van der Waals surface area contributed by atoms with E-state index in [4.69, 9.17) is 4.74 Å². The zero-order chi connectivity index (χ0) is 27.8. The molecule has 7 nitrogen and oxygen atoms in total. The predicted molar refractivity (Wildman–Crippen MR) is 162 cm³/mol. The Morgan fingerprint density at radius 1 is 0.878 bits per heavy atom. The third-order valence-corrected chi connectivity index (χ3v) is 10.6. The number of ether oxygens (including phenoxy) is 1. The van der Waals surface area contributed by atoms with E-state index in [2.05, 4.69) is 15.3 Å². The second kappa shape index (κ2) is 17.7. The zero-order valence-electron chi connectivity index (χ0n) is 23.1. The molecule has 0 fully saturated rings. The van der Waals surface area contributed by atoms with Crippen molar-refractivity contribution in [3.8, 4) is 0 Å². The number of amides is 1. The Morgan fingerprint density at radius 2 is 1.41 bits per heavy atom. The molecule has 217 valence electrons. The van der Waals surface area contributed by atoms with Crippen molar-refractivity contribution in [1.82, 2.24) is 15.3 Å². The van der Waals surface area contributed by atoms with E-state index >= 15 is 0 Å². The smallest absolute Gasteiger partial charge is 0.327 e.